The molecule has 3 nitrogen and oxygen atoms in total. The molecule has 88 valence electrons. The molecule has 0 aromatic heterocycles. The van der Waals surface area contributed by atoms with Crippen LogP contribution in [0.2, 0.25) is 0 Å². The van der Waals surface area contributed by atoms with E-state index in [1.807, 2.05) is 18.2 Å². The van der Waals surface area contributed by atoms with Gasteiger partial charge in [-0.15, -0.1) is 0 Å². The lowest BCUT2D eigenvalue weighted by molar-refractivity contribution is 0.0862. The van der Waals surface area contributed by atoms with E-state index >= 15 is 0 Å². The van der Waals surface area contributed by atoms with Gasteiger partial charge in [0.2, 0.25) is 0 Å². The summed E-state index contributed by atoms with van der Waals surface area (Å²) in [6, 6.07) is 5.82. The van der Waals surface area contributed by atoms with Crippen LogP contribution in [0.4, 0.5) is 5.69 Å². The highest BCUT2D eigenvalue weighted by atomic mass is 79.9. The lowest BCUT2D eigenvalue weighted by atomic mass is 9.99. The standard InChI is InChI=1S/C12H17BrN2O/c1-15-6-2-3-11(15)12(16)9-7-8(13)4-5-10(9)14/h4-5,7,11-12,16H,2-3,6,14H2,1H3. The zero-order chi connectivity index (χ0) is 11.7. The quantitative estimate of drug-likeness (QED) is 0.819. The maximum Gasteiger partial charge on any atom is 0.0965 e. The minimum atomic E-state index is -0.495. The van der Waals surface area contributed by atoms with Crippen LogP contribution in [0.1, 0.15) is 24.5 Å². The van der Waals surface area contributed by atoms with Crippen molar-refractivity contribution in [1.82, 2.24) is 4.90 Å². The molecule has 16 heavy (non-hydrogen) atoms. The molecular weight excluding hydrogens is 268 g/mol. The van der Waals surface area contributed by atoms with E-state index in [0.717, 1.165) is 29.4 Å². The van der Waals surface area contributed by atoms with Gasteiger partial charge in [-0.25, -0.2) is 0 Å². The largest absolute Gasteiger partial charge is 0.398 e. The molecule has 0 spiro atoms. The van der Waals surface area contributed by atoms with Gasteiger partial charge in [-0.2, -0.15) is 0 Å². The van der Waals surface area contributed by atoms with Crippen molar-refractivity contribution in [3.63, 3.8) is 0 Å². The maximum absolute atomic E-state index is 10.4. The number of hydrogen-bond acceptors (Lipinski definition) is 3. The number of nitrogen functional groups attached to an aromatic ring is 1. The zero-order valence-electron chi connectivity index (χ0n) is 9.36. The molecule has 2 rings (SSSR count). The second-order valence-electron chi connectivity index (χ2n) is 4.41. The van der Waals surface area contributed by atoms with Crippen LogP contribution in [0.3, 0.4) is 0 Å². The Hall–Kier alpha value is -0.580. The number of benzene rings is 1. The van der Waals surface area contributed by atoms with E-state index in [1.165, 1.54) is 0 Å². The second kappa shape index (κ2) is 4.73. The highest BCUT2D eigenvalue weighted by Crippen LogP contribution is 2.32. The second-order valence-corrected chi connectivity index (χ2v) is 5.32. The fraction of sp³-hybridized carbons (Fsp3) is 0.500. The first-order valence-electron chi connectivity index (χ1n) is 5.53. The van der Waals surface area contributed by atoms with E-state index < -0.39 is 6.10 Å². The number of rotatable bonds is 2. The molecule has 1 aliphatic heterocycles. The van der Waals surface area contributed by atoms with Crippen LogP contribution < -0.4 is 5.73 Å². The monoisotopic (exact) mass is 284 g/mol. The van der Waals surface area contributed by atoms with Gasteiger partial charge < -0.3 is 15.7 Å². The Labute approximate surface area is 104 Å². The van der Waals surface area contributed by atoms with Crippen LogP contribution in [0.5, 0.6) is 0 Å². The third-order valence-electron chi connectivity index (χ3n) is 3.31. The van der Waals surface area contributed by atoms with Crippen molar-refractivity contribution < 1.29 is 5.11 Å². The van der Waals surface area contributed by atoms with E-state index in [0.29, 0.717) is 5.69 Å². The van der Waals surface area contributed by atoms with Gasteiger partial charge in [0.05, 0.1) is 6.10 Å². The van der Waals surface area contributed by atoms with Crippen molar-refractivity contribution >= 4 is 21.6 Å². The average molecular weight is 285 g/mol. The summed E-state index contributed by atoms with van der Waals surface area (Å²) >= 11 is 3.41. The molecule has 1 aromatic carbocycles. The number of likely N-dealkylation sites (N-methyl/N-ethyl adjacent to an activating group) is 1. The summed E-state index contributed by atoms with van der Waals surface area (Å²) in [6.45, 7) is 1.05. The number of aliphatic hydroxyl groups excluding tert-OH is 1. The first-order chi connectivity index (χ1) is 7.59. The Morgan fingerprint density at radius 3 is 2.94 bits per heavy atom. The molecule has 1 heterocycles. The van der Waals surface area contributed by atoms with Gasteiger partial charge in [-0.05, 0) is 44.6 Å². The highest BCUT2D eigenvalue weighted by molar-refractivity contribution is 9.10. The highest BCUT2D eigenvalue weighted by Gasteiger charge is 2.29. The molecule has 1 aliphatic rings. The molecule has 0 amide bonds. The molecule has 1 aromatic rings. The van der Waals surface area contributed by atoms with Crippen LogP contribution in [0.25, 0.3) is 0 Å². The molecular formula is C12H17BrN2O. The van der Waals surface area contributed by atoms with Gasteiger partial charge in [0.15, 0.2) is 0 Å². The van der Waals surface area contributed by atoms with E-state index in [2.05, 4.69) is 27.9 Å². The Morgan fingerprint density at radius 2 is 2.31 bits per heavy atom. The number of aliphatic hydroxyl groups is 1. The van der Waals surface area contributed by atoms with Crippen LogP contribution in [-0.2, 0) is 0 Å². The molecule has 0 aliphatic carbocycles. The van der Waals surface area contributed by atoms with Crippen molar-refractivity contribution in [2.24, 2.45) is 0 Å². The number of halogens is 1. The lowest BCUT2D eigenvalue weighted by Gasteiger charge is -2.26. The fourth-order valence-corrected chi connectivity index (χ4v) is 2.72. The summed E-state index contributed by atoms with van der Waals surface area (Å²) in [5.41, 5.74) is 7.39. The molecule has 1 saturated heterocycles. The number of nitrogens with two attached hydrogens (primary N) is 1. The van der Waals surface area contributed by atoms with Crippen molar-refractivity contribution in [3.8, 4) is 0 Å². The van der Waals surface area contributed by atoms with Crippen LogP contribution in [0.15, 0.2) is 22.7 Å². The Balaban J connectivity index is 2.25. The predicted molar refractivity (Wildman–Crippen MR) is 69.2 cm³/mol. The van der Waals surface area contributed by atoms with E-state index in [9.17, 15) is 5.11 Å². The third-order valence-corrected chi connectivity index (χ3v) is 3.80. The molecule has 0 bridgehead atoms. The van der Waals surface area contributed by atoms with Gasteiger partial charge in [0, 0.05) is 21.8 Å². The number of likely N-dealkylation sites (tertiary alicyclic amines) is 1. The Kier molecular flexibility index (Phi) is 3.52. The number of nitrogens with zero attached hydrogens (tertiary/aromatic N) is 1. The first-order valence-corrected chi connectivity index (χ1v) is 6.32. The normalized spacial score (nSPS) is 23.6. The lowest BCUT2D eigenvalue weighted by Crippen LogP contribution is -2.31. The smallest absolute Gasteiger partial charge is 0.0965 e. The van der Waals surface area contributed by atoms with Crippen molar-refractivity contribution in [1.29, 1.82) is 0 Å². The Morgan fingerprint density at radius 1 is 1.56 bits per heavy atom. The van der Waals surface area contributed by atoms with Gasteiger partial charge >= 0.3 is 0 Å². The molecule has 2 atom stereocenters. The minimum absolute atomic E-state index is 0.191. The summed E-state index contributed by atoms with van der Waals surface area (Å²) in [5, 5.41) is 10.4. The average Bonchev–Trinajstić information content (AvgIpc) is 2.67. The van der Waals surface area contributed by atoms with Crippen LogP contribution >= 0.6 is 15.9 Å². The maximum atomic E-state index is 10.4. The summed E-state index contributed by atoms with van der Waals surface area (Å²) in [5.74, 6) is 0. The van der Waals surface area contributed by atoms with Gasteiger partial charge in [0.25, 0.3) is 0 Å². The van der Waals surface area contributed by atoms with E-state index in [1.54, 1.807) is 0 Å². The molecule has 0 radical (unpaired) electrons. The first kappa shape index (κ1) is 11.9. The van der Waals surface area contributed by atoms with Crippen LogP contribution in [-0.4, -0.2) is 29.6 Å². The van der Waals surface area contributed by atoms with E-state index in [4.69, 9.17) is 5.73 Å². The SMILES string of the molecule is CN1CCCC1C(O)c1cc(Br)ccc1N. The molecule has 4 heteroatoms. The molecule has 1 fully saturated rings. The molecule has 3 N–H and O–H groups in total. The van der Waals surface area contributed by atoms with Crippen molar-refractivity contribution in [2.45, 2.75) is 25.0 Å². The summed E-state index contributed by atoms with van der Waals surface area (Å²) < 4.78 is 0.955. The van der Waals surface area contributed by atoms with Gasteiger partial charge in [-0.1, -0.05) is 15.9 Å². The summed E-state index contributed by atoms with van der Waals surface area (Å²) in [4.78, 5) is 2.20. The predicted octanol–water partition coefficient (Wildman–Crippen LogP) is 2.16. The fourth-order valence-electron chi connectivity index (χ4n) is 2.34. The topological polar surface area (TPSA) is 49.5 Å². The van der Waals surface area contributed by atoms with Crippen LogP contribution in [0, 0.1) is 0 Å². The van der Waals surface area contributed by atoms with Gasteiger partial charge in [0.1, 0.15) is 0 Å². The number of anilines is 1. The number of hydrogen-bond donors (Lipinski definition) is 2. The molecule has 2 unspecified atom stereocenters. The van der Waals surface area contributed by atoms with Crippen molar-refractivity contribution in [2.75, 3.05) is 19.3 Å². The zero-order valence-corrected chi connectivity index (χ0v) is 10.9. The third kappa shape index (κ3) is 2.24. The summed E-state index contributed by atoms with van der Waals surface area (Å²) in [6.07, 6.45) is 1.68. The summed E-state index contributed by atoms with van der Waals surface area (Å²) in [7, 11) is 2.05. The minimum Gasteiger partial charge on any atom is -0.398 e. The molecule has 0 saturated carbocycles. The van der Waals surface area contributed by atoms with E-state index in [-0.39, 0.29) is 6.04 Å². The van der Waals surface area contributed by atoms with Gasteiger partial charge in [-0.3, -0.25) is 0 Å². The van der Waals surface area contributed by atoms with Crippen molar-refractivity contribution in [3.05, 3.63) is 28.2 Å². The Bertz CT molecular complexity index is 383.